The fourth-order valence-electron chi connectivity index (χ4n) is 3.42. The van der Waals surface area contributed by atoms with Crippen molar-refractivity contribution in [3.63, 3.8) is 0 Å². The number of nitrogen functional groups attached to an aromatic ring is 1. The Kier molecular flexibility index (Phi) is 7.11. The molecule has 0 radical (unpaired) electrons. The molecule has 2 aromatic rings. The molecule has 0 aromatic carbocycles. The minimum atomic E-state index is -1.23. The van der Waals surface area contributed by atoms with Crippen molar-refractivity contribution in [1.29, 1.82) is 0 Å². The topological polar surface area (TPSA) is 191 Å². The van der Waals surface area contributed by atoms with Crippen molar-refractivity contribution < 1.29 is 24.3 Å². The van der Waals surface area contributed by atoms with Gasteiger partial charge in [-0.05, 0) is 29.8 Å². The summed E-state index contributed by atoms with van der Waals surface area (Å²) in [6.07, 6.45) is 3.37. The van der Waals surface area contributed by atoms with Crippen LogP contribution in [-0.2, 0) is 25.8 Å². The molecule has 184 valence electrons. The molecule has 4 N–H and O–H groups in total. The lowest BCUT2D eigenvalue weighted by Gasteiger charge is -2.49. The van der Waals surface area contributed by atoms with E-state index in [1.54, 1.807) is 36.1 Å². The molecule has 1 fully saturated rings. The van der Waals surface area contributed by atoms with E-state index < -0.39 is 29.2 Å². The van der Waals surface area contributed by atoms with Crippen molar-refractivity contribution in [2.45, 2.75) is 31.8 Å². The summed E-state index contributed by atoms with van der Waals surface area (Å²) in [6.45, 7) is 4.02. The lowest BCUT2D eigenvalue weighted by Crippen LogP contribution is -2.71. The van der Waals surface area contributed by atoms with Gasteiger partial charge in [0.15, 0.2) is 10.8 Å². The van der Waals surface area contributed by atoms with Gasteiger partial charge in [0.1, 0.15) is 35.2 Å². The van der Waals surface area contributed by atoms with Crippen LogP contribution in [0, 0.1) is 6.92 Å². The normalized spacial score (nSPS) is 20.1. The molecule has 16 heteroatoms. The van der Waals surface area contributed by atoms with Gasteiger partial charge in [-0.15, -0.1) is 28.2 Å². The number of aryl methyl sites for hydroxylation is 1. The number of hydrogen-bond donors (Lipinski definition) is 3. The van der Waals surface area contributed by atoms with Crippen LogP contribution in [0.5, 0.6) is 0 Å². The van der Waals surface area contributed by atoms with Crippen LogP contribution in [-0.4, -0.2) is 82.5 Å². The minimum Gasteiger partial charge on any atom is -0.477 e. The molecule has 0 spiro atoms. The van der Waals surface area contributed by atoms with Gasteiger partial charge in [-0.1, -0.05) is 17.3 Å². The van der Waals surface area contributed by atoms with Gasteiger partial charge in [-0.2, -0.15) is 0 Å². The number of anilines is 1. The molecule has 2 aliphatic rings. The molecular weight excluding hydrogens is 498 g/mol. The molecule has 2 amide bonds. The van der Waals surface area contributed by atoms with E-state index in [4.69, 9.17) is 10.6 Å². The predicted molar refractivity (Wildman–Crippen MR) is 126 cm³/mol. The summed E-state index contributed by atoms with van der Waals surface area (Å²) in [7, 11) is 0. The number of amides is 2. The van der Waals surface area contributed by atoms with Gasteiger partial charge in [0.05, 0.1) is 6.54 Å². The largest absolute Gasteiger partial charge is 0.477 e. The standard InChI is InChI=1S/C19H21N9O5S2/c1-3-33-24-12(11-8-35-19(20)21-11)15(29)22-13-16(30)28-14(18(31)32)10(7-34-17(13)28)5-4-6-27-9(2)23-25-26-27/h4-5,8,13,17H,3,6-7H2,1-2H3,(H2,20,21)(H,22,29)(H,31,32)/b5-4+,24-12?/t13?,17-/m1/s1. The van der Waals surface area contributed by atoms with Crippen LogP contribution in [0.4, 0.5) is 5.13 Å². The quantitative estimate of drug-likeness (QED) is 0.225. The maximum Gasteiger partial charge on any atom is 0.352 e. The van der Waals surface area contributed by atoms with E-state index in [1.165, 1.54) is 16.7 Å². The number of nitrogens with two attached hydrogens (primary N) is 1. The second-order valence-electron chi connectivity index (χ2n) is 7.28. The van der Waals surface area contributed by atoms with Gasteiger partial charge >= 0.3 is 5.97 Å². The highest BCUT2D eigenvalue weighted by molar-refractivity contribution is 8.00. The number of β-lactam (4-membered cyclic amide) rings is 1. The molecule has 14 nitrogen and oxygen atoms in total. The number of aliphatic carboxylic acids is 1. The van der Waals surface area contributed by atoms with E-state index in [-0.39, 0.29) is 28.8 Å². The van der Waals surface area contributed by atoms with Gasteiger partial charge in [0, 0.05) is 11.1 Å². The summed E-state index contributed by atoms with van der Waals surface area (Å²) in [5, 5.41) is 28.7. The summed E-state index contributed by atoms with van der Waals surface area (Å²) in [5.74, 6) is -1.50. The number of allylic oxidation sites excluding steroid dienone is 2. The Morgan fingerprint density at radius 1 is 1.46 bits per heavy atom. The van der Waals surface area contributed by atoms with Crippen LogP contribution in [0.3, 0.4) is 0 Å². The molecule has 4 heterocycles. The Morgan fingerprint density at radius 3 is 2.89 bits per heavy atom. The van der Waals surface area contributed by atoms with Crippen molar-refractivity contribution in [1.82, 2.24) is 35.4 Å². The zero-order valence-corrected chi connectivity index (χ0v) is 20.2. The average molecular weight is 520 g/mol. The number of thiazole rings is 1. The third-order valence-electron chi connectivity index (χ3n) is 5.06. The number of hydrogen-bond acceptors (Lipinski definition) is 12. The third-order valence-corrected chi connectivity index (χ3v) is 7.04. The Hall–Kier alpha value is -3.79. The Morgan fingerprint density at radius 2 is 2.26 bits per heavy atom. The average Bonchev–Trinajstić information content (AvgIpc) is 3.44. The second kappa shape index (κ2) is 10.2. The molecule has 2 aliphatic heterocycles. The molecule has 35 heavy (non-hydrogen) atoms. The number of carboxylic acid groups (broad SMARTS) is 1. The molecule has 2 atom stereocenters. The zero-order valence-electron chi connectivity index (χ0n) is 18.6. The third kappa shape index (κ3) is 4.88. The molecule has 1 unspecified atom stereocenters. The minimum absolute atomic E-state index is 0.121. The fraction of sp³-hybridized carbons (Fsp3) is 0.368. The number of nitrogens with zero attached hydrogens (tertiary/aromatic N) is 7. The van der Waals surface area contributed by atoms with Gasteiger partial charge in [-0.25, -0.2) is 14.5 Å². The van der Waals surface area contributed by atoms with Crippen molar-refractivity contribution in [2.75, 3.05) is 18.1 Å². The lowest BCUT2D eigenvalue weighted by molar-refractivity contribution is -0.150. The van der Waals surface area contributed by atoms with E-state index >= 15 is 0 Å². The first-order valence-electron chi connectivity index (χ1n) is 10.3. The molecule has 0 aliphatic carbocycles. The Bertz CT molecular complexity index is 1250. The van der Waals surface area contributed by atoms with Crippen molar-refractivity contribution in [3.8, 4) is 0 Å². The predicted octanol–water partition coefficient (Wildman–Crippen LogP) is -0.244. The summed E-state index contributed by atoms with van der Waals surface area (Å²) in [5.41, 5.74) is 6.10. The van der Waals surface area contributed by atoms with Crippen molar-refractivity contribution >= 4 is 51.7 Å². The number of carbonyl (C=O) groups excluding carboxylic acids is 2. The highest BCUT2D eigenvalue weighted by Gasteiger charge is 2.54. The summed E-state index contributed by atoms with van der Waals surface area (Å²) < 4.78 is 1.55. The van der Waals surface area contributed by atoms with Crippen LogP contribution in [0.25, 0.3) is 0 Å². The molecule has 0 saturated carbocycles. The zero-order chi connectivity index (χ0) is 25.1. The molecular formula is C19H21N9O5S2. The number of nitrogens with one attached hydrogen (secondary N) is 1. The van der Waals surface area contributed by atoms with E-state index in [9.17, 15) is 19.5 Å². The maximum atomic E-state index is 12.9. The van der Waals surface area contributed by atoms with E-state index in [0.717, 1.165) is 11.3 Å². The van der Waals surface area contributed by atoms with Crippen LogP contribution in [0.15, 0.2) is 34.0 Å². The second-order valence-corrected chi connectivity index (χ2v) is 9.27. The summed E-state index contributed by atoms with van der Waals surface area (Å²) >= 11 is 2.47. The number of fused-ring (bicyclic) bond motifs is 1. The first-order chi connectivity index (χ1) is 16.8. The number of carboxylic acids is 1. The van der Waals surface area contributed by atoms with Crippen LogP contribution in [0.1, 0.15) is 18.4 Å². The summed E-state index contributed by atoms with van der Waals surface area (Å²) in [6, 6.07) is -0.931. The number of oxime groups is 1. The van der Waals surface area contributed by atoms with E-state index in [1.807, 2.05) is 0 Å². The fourth-order valence-corrected chi connectivity index (χ4v) is 5.29. The van der Waals surface area contributed by atoms with Crippen LogP contribution >= 0.6 is 23.1 Å². The van der Waals surface area contributed by atoms with E-state index in [2.05, 4.69) is 31.0 Å². The highest BCUT2D eigenvalue weighted by atomic mass is 32.2. The number of aromatic nitrogens is 5. The van der Waals surface area contributed by atoms with Gasteiger partial charge in [0.25, 0.3) is 11.8 Å². The lowest BCUT2D eigenvalue weighted by atomic mass is 10.0. The first kappa shape index (κ1) is 24.3. The Labute approximate surface area is 206 Å². The molecule has 0 bridgehead atoms. The number of thioether (sulfide) groups is 1. The van der Waals surface area contributed by atoms with Gasteiger partial charge < -0.3 is 21.0 Å². The van der Waals surface area contributed by atoms with Crippen molar-refractivity contribution in [2.24, 2.45) is 5.16 Å². The molecule has 1 saturated heterocycles. The summed E-state index contributed by atoms with van der Waals surface area (Å²) in [4.78, 5) is 48.1. The molecule has 4 rings (SSSR count). The van der Waals surface area contributed by atoms with Crippen LogP contribution < -0.4 is 11.1 Å². The first-order valence-corrected chi connectivity index (χ1v) is 12.3. The molecule has 2 aromatic heterocycles. The number of carbonyl (C=O) groups is 3. The number of tetrazole rings is 1. The van der Waals surface area contributed by atoms with Crippen molar-refractivity contribution in [3.05, 3.63) is 40.3 Å². The van der Waals surface area contributed by atoms with Gasteiger partial charge in [-0.3, -0.25) is 14.5 Å². The van der Waals surface area contributed by atoms with Gasteiger partial charge in [0.2, 0.25) is 0 Å². The SMILES string of the molecule is CCON=C(C(=O)NC1C(=O)N2C(C(=O)O)=C(/C=C/Cn3nnnc3C)CS[C@H]12)c1csc(N)n1. The highest BCUT2D eigenvalue weighted by Crippen LogP contribution is 2.40. The van der Waals surface area contributed by atoms with E-state index in [0.29, 0.717) is 23.7 Å². The van der Waals surface area contributed by atoms with Crippen LogP contribution in [0.2, 0.25) is 0 Å². The monoisotopic (exact) mass is 519 g/mol. The number of rotatable bonds is 9. The smallest absolute Gasteiger partial charge is 0.352 e. The maximum absolute atomic E-state index is 12.9. The Balaban J connectivity index is 1.50.